The van der Waals surface area contributed by atoms with Crippen molar-refractivity contribution in [3.05, 3.63) is 59.9 Å². The fourth-order valence-electron chi connectivity index (χ4n) is 3.49. The highest BCUT2D eigenvalue weighted by Crippen LogP contribution is 2.40. The number of hydrogen-bond donors (Lipinski definition) is 0. The number of aromatic nitrogens is 1. The molecule has 182 valence electrons. The SMILES string of the molecule is CC1ON(C(C)(C)C)c2ccccc21.Cc1o[n+](C(C)(C)C)c2ccccc12.[O-][Cl+3]([O-])([O-])[O-]. The Labute approximate surface area is 197 Å². The van der Waals surface area contributed by atoms with Crippen LogP contribution < -0.4 is 28.4 Å². The van der Waals surface area contributed by atoms with Gasteiger partial charge in [0.1, 0.15) is 6.10 Å². The van der Waals surface area contributed by atoms with Crippen LogP contribution in [-0.2, 0) is 10.4 Å². The first kappa shape index (κ1) is 27.0. The lowest BCUT2D eigenvalue weighted by Gasteiger charge is -2.32. The fourth-order valence-corrected chi connectivity index (χ4v) is 3.49. The van der Waals surface area contributed by atoms with Crippen molar-refractivity contribution < 1.29 is 43.0 Å². The van der Waals surface area contributed by atoms with E-state index >= 15 is 0 Å². The maximum absolute atomic E-state index is 8.49. The van der Waals surface area contributed by atoms with Crippen LogP contribution in [0.25, 0.3) is 10.9 Å². The normalized spacial score (nSPS) is 16.0. The second kappa shape index (κ2) is 9.97. The first-order chi connectivity index (χ1) is 15.0. The van der Waals surface area contributed by atoms with Crippen molar-refractivity contribution in [2.75, 3.05) is 5.06 Å². The maximum Gasteiger partial charge on any atom is 0.262 e. The van der Waals surface area contributed by atoms with Crippen LogP contribution in [0.1, 0.15) is 65.9 Å². The highest BCUT2D eigenvalue weighted by Gasteiger charge is 2.33. The van der Waals surface area contributed by atoms with Crippen molar-refractivity contribution in [3.63, 3.8) is 0 Å². The molecule has 2 aromatic carbocycles. The van der Waals surface area contributed by atoms with E-state index < -0.39 is 10.2 Å². The van der Waals surface area contributed by atoms with Crippen LogP contribution in [0.3, 0.4) is 0 Å². The van der Waals surface area contributed by atoms with Gasteiger partial charge >= 0.3 is 0 Å². The van der Waals surface area contributed by atoms with Gasteiger partial charge < -0.3 is 0 Å². The lowest BCUT2D eigenvalue weighted by molar-refractivity contribution is -2.00. The second-order valence-corrected chi connectivity index (χ2v) is 10.5. The number of para-hydroxylation sites is 2. The van der Waals surface area contributed by atoms with Gasteiger partial charge in [-0.25, -0.2) is 28.2 Å². The zero-order chi connectivity index (χ0) is 25.2. The van der Waals surface area contributed by atoms with Crippen LogP contribution in [0, 0.1) is 17.2 Å². The molecule has 1 unspecified atom stereocenters. The maximum atomic E-state index is 8.49. The highest BCUT2D eigenvalue weighted by atomic mass is 35.7. The standard InChI is InChI=1S/C12H17NO.C12H16NO.ClHO4/c2*1-9-10-7-5-6-8-11(10)13(14-9)12(2,3)4;2-1(3,4)5/h5-9H,1-4H3;5-8H,1-4H3;(H,2,3,4,5)/q;+1;/p-1. The average Bonchev–Trinajstić information content (AvgIpc) is 3.19. The molecule has 1 aromatic heterocycles. The topological polar surface area (TPSA) is 122 Å². The molecule has 3 aromatic rings. The third-order valence-electron chi connectivity index (χ3n) is 4.81. The van der Waals surface area contributed by atoms with Crippen molar-refractivity contribution in [3.8, 4) is 0 Å². The van der Waals surface area contributed by atoms with Gasteiger partial charge in [0, 0.05) is 39.3 Å². The Morgan fingerprint density at radius 3 is 1.94 bits per heavy atom. The molecule has 0 N–H and O–H groups in total. The molecule has 1 aliphatic heterocycles. The van der Waals surface area contributed by atoms with Gasteiger partial charge in [0.15, 0.2) is 5.76 Å². The number of hydroxylamine groups is 1. The minimum absolute atomic E-state index is 0.00609. The van der Waals surface area contributed by atoms with Crippen molar-refractivity contribution in [1.29, 1.82) is 0 Å². The smallest absolute Gasteiger partial charge is 0.262 e. The molecule has 0 saturated carbocycles. The zero-order valence-corrected chi connectivity index (χ0v) is 21.2. The minimum atomic E-state index is -4.94. The van der Waals surface area contributed by atoms with E-state index in [1.807, 2.05) is 28.9 Å². The molecule has 1 aliphatic rings. The van der Waals surface area contributed by atoms with Crippen LogP contribution in [-0.4, -0.2) is 5.54 Å². The van der Waals surface area contributed by atoms with Crippen molar-refractivity contribution in [2.24, 2.45) is 0 Å². The summed E-state index contributed by atoms with van der Waals surface area (Å²) in [6.45, 7) is 17.0. The number of aryl methyl sites for hydroxylation is 1. The van der Waals surface area contributed by atoms with Crippen molar-refractivity contribution in [2.45, 2.75) is 72.6 Å². The second-order valence-electron chi connectivity index (χ2n) is 9.78. The summed E-state index contributed by atoms with van der Waals surface area (Å²) in [6, 6.07) is 16.6. The van der Waals surface area contributed by atoms with Gasteiger partial charge in [0.2, 0.25) is 5.54 Å². The molecule has 0 spiro atoms. The predicted molar refractivity (Wildman–Crippen MR) is 114 cm³/mol. The average molecular weight is 481 g/mol. The van der Waals surface area contributed by atoms with E-state index in [1.54, 1.807) is 0 Å². The molecule has 1 atom stereocenters. The van der Waals surface area contributed by atoms with Crippen LogP contribution in [0.5, 0.6) is 0 Å². The Kier molecular flexibility index (Phi) is 8.17. The molecule has 0 bridgehead atoms. The van der Waals surface area contributed by atoms with Crippen LogP contribution in [0.15, 0.2) is 53.1 Å². The minimum Gasteiger partial charge on any atom is -0.265 e. The van der Waals surface area contributed by atoms with Gasteiger partial charge in [-0.3, -0.25) is 4.84 Å². The first-order valence-electron chi connectivity index (χ1n) is 10.6. The van der Waals surface area contributed by atoms with Gasteiger partial charge in [-0.2, -0.15) is 0 Å². The number of halogens is 1. The fraction of sp³-hybridized carbons (Fsp3) is 0.458. The Morgan fingerprint density at radius 2 is 1.39 bits per heavy atom. The summed E-state index contributed by atoms with van der Waals surface area (Å²) in [5.41, 5.74) is 3.65. The Bertz CT molecular complexity index is 1060. The molecule has 2 heterocycles. The summed E-state index contributed by atoms with van der Waals surface area (Å²) in [7, 11) is -4.94. The van der Waals surface area contributed by atoms with Gasteiger partial charge in [-0.1, -0.05) is 30.3 Å². The molecule has 9 heteroatoms. The lowest BCUT2D eigenvalue weighted by atomic mass is 10.1. The van der Waals surface area contributed by atoms with E-state index in [2.05, 4.69) is 84.9 Å². The van der Waals surface area contributed by atoms with E-state index in [-0.39, 0.29) is 17.2 Å². The number of benzene rings is 2. The van der Waals surface area contributed by atoms with Crippen molar-refractivity contribution in [1.82, 2.24) is 0 Å². The van der Waals surface area contributed by atoms with Crippen LogP contribution in [0.2, 0.25) is 0 Å². The summed E-state index contributed by atoms with van der Waals surface area (Å²) >= 11 is 0. The Balaban J connectivity index is 0.000000195. The number of nitrogens with zero attached hydrogens (tertiary/aromatic N) is 2. The van der Waals surface area contributed by atoms with Gasteiger partial charge in [-0.05, 0) is 44.6 Å². The lowest BCUT2D eigenvalue weighted by Crippen LogP contribution is -2.68. The number of rotatable bonds is 0. The molecule has 0 fully saturated rings. The molecule has 0 saturated heterocycles. The van der Waals surface area contributed by atoms with E-state index in [9.17, 15) is 0 Å². The van der Waals surface area contributed by atoms with Crippen molar-refractivity contribution >= 4 is 16.6 Å². The monoisotopic (exact) mass is 480 g/mol. The van der Waals surface area contributed by atoms with Gasteiger partial charge in [0.05, 0.1) is 16.6 Å². The van der Waals surface area contributed by atoms with E-state index in [0.717, 1.165) is 11.3 Å². The quantitative estimate of drug-likeness (QED) is 0.445. The first-order valence-corrected chi connectivity index (χ1v) is 11.8. The molecule has 0 radical (unpaired) electrons. The Morgan fingerprint density at radius 1 is 0.879 bits per heavy atom. The number of hydrogen-bond acceptors (Lipinski definition) is 7. The predicted octanol–water partition coefficient (Wildman–Crippen LogP) is 1.33. The molecule has 8 nitrogen and oxygen atoms in total. The molecular weight excluding hydrogens is 448 g/mol. The molecule has 33 heavy (non-hydrogen) atoms. The zero-order valence-electron chi connectivity index (χ0n) is 20.4. The third-order valence-corrected chi connectivity index (χ3v) is 4.81. The summed E-state index contributed by atoms with van der Waals surface area (Å²) in [5.74, 6) is 0.982. The summed E-state index contributed by atoms with van der Waals surface area (Å²) in [4.78, 5) is 5.83. The number of anilines is 1. The van der Waals surface area contributed by atoms with Gasteiger partial charge in [0.25, 0.3) is 5.52 Å². The van der Waals surface area contributed by atoms with Crippen LogP contribution >= 0.6 is 0 Å². The van der Waals surface area contributed by atoms with E-state index in [4.69, 9.17) is 28.0 Å². The third kappa shape index (κ3) is 7.40. The van der Waals surface area contributed by atoms with Gasteiger partial charge in [-0.15, -0.1) is 10.2 Å². The molecule has 4 rings (SSSR count). The van der Waals surface area contributed by atoms with Crippen LogP contribution in [0.4, 0.5) is 5.69 Å². The molecule has 0 amide bonds. The molecular formula is C24H33ClN2O6. The Hall–Kier alpha value is -2.20. The largest absolute Gasteiger partial charge is 0.265 e. The summed E-state index contributed by atoms with van der Waals surface area (Å²) in [6.07, 6.45) is 0.172. The number of fused-ring (bicyclic) bond motifs is 2. The highest BCUT2D eigenvalue weighted by molar-refractivity contribution is 5.77. The summed E-state index contributed by atoms with van der Waals surface area (Å²) < 4.78 is 41.7. The van der Waals surface area contributed by atoms with E-state index in [0.29, 0.717) is 0 Å². The molecule has 0 aliphatic carbocycles. The summed E-state index contributed by atoms with van der Waals surface area (Å²) in [5, 5.41) is 3.20. The van der Waals surface area contributed by atoms with E-state index in [1.165, 1.54) is 16.6 Å².